The number of rotatable bonds is 2. The molecular weight excluding hydrogens is 435 g/mol. The number of carbonyl (C=O) groups is 2. The van der Waals surface area contributed by atoms with Gasteiger partial charge in [-0.15, -0.1) is 0 Å². The Kier molecular flexibility index (Phi) is 4.77. The Bertz CT molecular complexity index is 892. The van der Waals surface area contributed by atoms with Crippen molar-refractivity contribution in [3.8, 4) is 0 Å². The van der Waals surface area contributed by atoms with Crippen molar-refractivity contribution in [1.29, 1.82) is 0 Å². The molecule has 0 aliphatic carbocycles. The molecule has 1 N–H and O–H groups in total. The summed E-state index contributed by atoms with van der Waals surface area (Å²) in [7, 11) is 0. The number of thiocarbonyl (C=S) groups is 1. The molecule has 0 atom stereocenters. The van der Waals surface area contributed by atoms with Crippen molar-refractivity contribution in [2.24, 2.45) is 0 Å². The molecule has 0 bridgehead atoms. The summed E-state index contributed by atoms with van der Waals surface area (Å²) in [5, 5.41) is 2.68. The molecule has 4 nitrogen and oxygen atoms in total. The van der Waals surface area contributed by atoms with Crippen LogP contribution in [0.4, 0.5) is 5.69 Å². The van der Waals surface area contributed by atoms with Crippen molar-refractivity contribution in [3.63, 3.8) is 0 Å². The fourth-order valence-corrected chi connectivity index (χ4v) is 3.27. The van der Waals surface area contributed by atoms with E-state index in [1.54, 1.807) is 12.1 Å². The zero-order valence-corrected chi connectivity index (χ0v) is 15.7. The molecule has 0 saturated carbocycles. The van der Waals surface area contributed by atoms with E-state index in [0.29, 0.717) is 5.69 Å². The number of nitrogens with zero attached hydrogens (tertiary/aromatic N) is 1. The number of hydrogen-bond donors (Lipinski definition) is 1. The fourth-order valence-electron chi connectivity index (χ4n) is 2.42. The van der Waals surface area contributed by atoms with E-state index in [0.717, 1.165) is 14.7 Å². The first kappa shape index (κ1) is 16.8. The Morgan fingerprint density at radius 3 is 2.58 bits per heavy atom. The average Bonchev–Trinajstić information content (AvgIpc) is 2.51. The number of carbonyl (C=O) groups excluding carboxylic acids is 2. The monoisotopic (exact) mass is 448 g/mol. The maximum atomic E-state index is 12.9. The van der Waals surface area contributed by atoms with E-state index < -0.39 is 11.8 Å². The van der Waals surface area contributed by atoms with Crippen LogP contribution in [-0.4, -0.2) is 16.9 Å². The largest absolute Gasteiger partial charge is 0.298 e. The quantitative estimate of drug-likeness (QED) is 0.332. The summed E-state index contributed by atoms with van der Waals surface area (Å²) in [6.45, 7) is 1.93. The molecule has 120 valence electrons. The van der Waals surface area contributed by atoms with E-state index in [1.165, 1.54) is 4.90 Å². The second kappa shape index (κ2) is 6.82. The average molecular weight is 448 g/mol. The van der Waals surface area contributed by atoms with Crippen LogP contribution in [0.1, 0.15) is 11.1 Å². The van der Waals surface area contributed by atoms with Gasteiger partial charge in [0.15, 0.2) is 5.11 Å². The van der Waals surface area contributed by atoms with Crippen molar-refractivity contribution in [2.45, 2.75) is 6.92 Å². The van der Waals surface area contributed by atoms with Crippen LogP contribution in [0.2, 0.25) is 0 Å². The molecule has 0 aromatic heterocycles. The molecule has 1 fully saturated rings. The lowest BCUT2D eigenvalue weighted by Crippen LogP contribution is -2.54. The van der Waals surface area contributed by atoms with Gasteiger partial charge in [-0.2, -0.15) is 0 Å². The van der Waals surface area contributed by atoms with Gasteiger partial charge < -0.3 is 0 Å². The Labute approximate surface area is 158 Å². The minimum atomic E-state index is -0.479. The molecule has 2 aromatic carbocycles. The van der Waals surface area contributed by atoms with Crippen molar-refractivity contribution >= 4 is 63.5 Å². The molecule has 2 aromatic rings. The molecule has 1 saturated heterocycles. The molecule has 0 radical (unpaired) electrons. The smallest absolute Gasteiger partial charge is 0.270 e. The Hall–Kier alpha value is -2.06. The van der Waals surface area contributed by atoms with Gasteiger partial charge >= 0.3 is 0 Å². The second-order valence-electron chi connectivity index (χ2n) is 5.35. The van der Waals surface area contributed by atoms with E-state index in [-0.39, 0.29) is 10.7 Å². The molecule has 0 spiro atoms. The number of halogens is 1. The van der Waals surface area contributed by atoms with E-state index in [2.05, 4.69) is 27.9 Å². The highest BCUT2D eigenvalue weighted by Gasteiger charge is 2.34. The van der Waals surface area contributed by atoms with E-state index >= 15 is 0 Å². The van der Waals surface area contributed by atoms with Gasteiger partial charge in [-0.3, -0.25) is 19.8 Å². The van der Waals surface area contributed by atoms with Crippen molar-refractivity contribution in [3.05, 3.63) is 68.8 Å². The molecular formula is C18H13IN2O2S. The van der Waals surface area contributed by atoms with Crippen LogP contribution in [0, 0.1) is 10.5 Å². The van der Waals surface area contributed by atoms with Gasteiger partial charge in [-0.05, 0) is 83.2 Å². The highest BCUT2D eigenvalue weighted by Crippen LogP contribution is 2.23. The number of anilines is 1. The van der Waals surface area contributed by atoms with Crippen molar-refractivity contribution < 1.29 is 9.59 Å². The lowest BCUT2D eigenvalue weighted by molar-refractivity contribution is -0.122. The van der Waals surface area contributed by atoms with Crippen LogP contribution in [0.5, 0.6) is 0 Å². The summed E-state index contributed by atoms with van der Waals surface area (Å²) in [5.41, 5.74) is 2.49. The van der Waals surface area contributed by atoms with Gasteiger partial charge in [-0.1, -0.05) is 24.3 Å². The molecule has 1 heterocycles. The van der Waals surface area contributed by atoms with E-state index in [1.807, 2.05) is 49.4 Å². The summed E-state index contributed by atoms with van der Waals surface area (Å²) >= 11 is 7.37. The van der Waals surface area contributed by atoms with Crippen molar-refractivity contribution in [1.82, 2.24) is 5.32 Å². The second-order valence-corrected chi connectivity index (χ2v) is 6.98. The van der Waals surface area contributed by atoms with Crippen LogP contribution >= 0.6 is 34.8 Å². The first-order chi connectivity index (χ1) is 11.5. The SMILES string of the molecule is Cc1cccc(N2C(=O)C(=Cc3cccc(I)c3)C(=O)NC2=S)c1. The van der Waals surface area contributed by atoms with Crippen LogP contribution in [-0.2, 0) is 9.59 Å². The number of amides is 2. The minimum Gasteiger partial charge on any atom is -0.298 e. The van der Waals surface area contributed by atoms with Crippen LogP contribution < -0.4 is 10.2 Å². The molecule has 2 amide bonds. The Balaban J connectivity index is 2.03. The first-order valence-corrected chi connectivity index (χ1v) is 8.68. The van der Waals surface area contributed by atoms with Gasteiger partial charge in [0.2, 0.25) is 0 Å². The number of nitrogens with one attached hydrogen (secondary N) is 1. The topological polar surface area (TPSA) is 49.4 Å². The van der Waals surface area contributed by atoms with Gasteiger partial charge in [0, 0.05) is 3.57 Å². The van der Waals surface area contributed by atoms with Crippen LogP contribution in [0.15, 0.2) is 54.1 Å². The predicted molar refractivity (Wildman–Crippen MR) is 107 cm³/mol. The third kappa shape index (κ3) is 3.39. The zero-order valence-electron chi connectivity index (χ0n) is 12.7. The van der Waals surface area contributed by atoms with Gasteiger partial charge in [0.1, 0.15) is 5.57 Å². The molecule has 6 heteroatoms. The molecule has 1 aliphatic rings. The lowest BCUT2D eigenvalue weighted by atomic mass is 10.1. The summed E-state index contributed by atoms with van der Waals surface area (Å²) < 4.78 is 1.02. The number of hydrogen-bond acceptors (Lipinski definition) is 3. The summed E-state index contributed by atoms with van der Waals surface area (Å²) in [6, 6.07) is 15.0. The lowest BCUT2D eigenvalue weighted by Gasteiger charge is -2.29. The first-order valence-electron chi connectivity index (χ1n) is 7.19. The Morgan fingerprint density at radius 2 is 1.88 bits per heavy atom. The zero-order chi connectivity index (χ0) is 17.3. The van der Waals surface area contributed by atoms with Gasteiger partial charge in [-0.25, -0.2) is 0 Å². The summed E-state index contributed by atoms with van der Waals surface area (Å²) in [4.78, 5) is 26.4. The minimum absolute atomic E-state index is 0.0621. The van der Waals surface area contributed by atoms with Gasteiger partial charge in [0.05, 0.1) is 5.69 Å². The highest BCUT2D eigenvalue weighted by atomic mass is 127. The maximum Gasteiger partial charge on any atom is 0.270 e. The molecule has 1 aliphatic heterocycles. The standard InChI is InChI=1S/C18H13IN2O2S/c1-11-4-2-7-14(8-11)21-17(23)15(16(22)20-18(21)24)10-12-5-3-6-13(19)9-12/h2-10H,1H3,(H,20,22,24). The molecule has 24 heavy (non-hydrogen) atoms. The van der Waals surface area contributed by atoms with Crippen molar-refractivity contribution in [2.75, 3.05) is 4.90 Å². The third-order valence-corrected chi connectivity index (χ3v) is 4.48. The summed E-state index contributed by atoms with van der Waals surface area (Å²) in [6.07, 6.45) is 1.59. The third-order valence-electron chi connectivity index (χ3n) is 3.52. The maximum absolute atomic E-state index is 12.9. The number of benzene rings is 2. The van der Waals surface area contributed by atoms with E-state index in [9.17, 15) is 9.59 Å². The van der Waals surface area contributed by atoms with Crippen LogP contribution in [0.25, 0.3) is 6.08 Å². The number of aryl methyl sites for hydroxylation is 1. The molecule has 0 unspecified atom stereocenters. The van der Waals surface area contributed by atoms with E-state index in [4.69, 9.17) is 12.2 Å². The fraction of sp³-hybridized carbons (Fsp3) is 0.0556. The van der Waals surface area contributed by atoms with Gasteiger partial charge in [0.25, 0.3) is 11.8 Å². The normalized spacial score (nSPS) is 16.5. The molecule has 3 rings (SSSR count). The Morgan fingerprint density at radius 1 is 1.12 bits per heavy atom. The predicted octanol–water partition coefficient (Wildman–Crippen LogP) is 3.43. The van der Waals surface area contributed by atoms with Crippen LogP contribution in [0.3, 0.4) is 0 Å². The summed E-state index contributed by atoms with van der Waals surface area (Å²) in [5.74, 6) is -0.902. The highest BCUT2D eigenvalue weighted by molar-refractivity contribution is 14.1.